The van der Waals surface area contributed by atoms with Crippen molar-refractivity contribution >= 4 is 27.3 Å². The number of hydrogen-bond donors (Lipinski definition) is 0. The standard InChI is InChI=1S/C10H18ClNO3S/c1-8(16(2,14)15)10(13)12-6-4-3-5-9(12)7-11/h8-9H,3-7H2,1-2H3. The van der Waals surface area contributed by atoms with Gasteiger partial charge in [-0.05, 0) is 26.2 Å². The lowest BCUT2D eigenvalue weighted by Crippen LogP contribution is -2.49. The molecular weight excluding hydrogens is 250 g/mol. The van der Waals surface area contributed by atoms with Gasteiger partial charge in [-0.25, -0.2) is 8.42 Å². The Labute approximate surface area is 102 Å². The van der Waals surface area contributed by atoms with Gasteiger partial charge in [0.05, 0.1) is 0 Å². The number of hydrogen-bond acceptors (Lipinski definition) is 3. The highest BCUT2D eigenvalue weighted by Gasteiger charge is 2.33. The van der Waals surface area contributed by atoms with E-state index in [1.807, 2.05) is 0 Å². The Balaban J connectivity index is 2.79. The van der Waals surface area contributed by atoms with E-state index in [1.165, 1.54) is 6.92 Å². The third kappa shape index (κ3) is 3.10. The molecule has 1 heterocycles. The number of sulfone groups is 1. The minimum atomic E-state index is -3.32. The smallest absolute Gasteiger partial charge is 0.240 e. The maximum atomic E-state index is 12.0. The van der Waals surface area contributed by atoms with Crippen molar-refractivity contribution in [2.24, 2.45) is 0 Å². The molecule has 1 aliphatic rings. The van der Waals surface area contributed by atoms with Crippen molar-refractivity contribution in [2.75, 3.05) is 18.7 Å². The second kappa shape index (κ2) is 5.36. The van der Waals surface area contributed by atoms with Crippen LogP contribution < -0.4 is 0 Å². The Morgan fingerprint density at radius 2 is 2.12 bits per heavy atom. The summed E-state index contributed by atoms with van der Waals surface area (Å²) < 4.78 is 22.7. The average molecular weight is 268 g/mol. The van der Waals surface area contributed by atoms with Crippen LogP contribution in [-0.4, -0.2) is 49.2 Å². The molecule has 0 radical (unpaired) electrons. The quantitative estimate of drug-likeness (QED) is 0.718. The Kier molecular flexibility index (Phi) is 4.62. The van der Waals surface area contributed by atoms with E-state index in [0.29, 0.717) is 12.4 Å². The zero-order valence-corrected chi connectivity index (χ0v) is 11.2. The van der Waals surface area contributed by atoms with Crippen LogP contribution in [0.25, 0.3) is 0 Å². The van der Waals surface area contributed by atoms with E-state index in [-0.39, 0.29) is 11.9 Å². The van der Waals surface area contributed by atoms with Crippen LogP contribution in [-0.2, 0) is 14.6 Å². The molecule has 1 amide bonds. The van der Waals surface area contributed by atoms with Crippen LogP contribution in [0.15, 0.2) is 0 Å². The number of carbonyl (C=O) groups is 1. The van der Waals surface area contributed by atoms with Crippen molar-refractivity contribution in [2.45, 2.75) is 37.5 Å². The van der Waals surface area contributed by atoms with Gasteiger partial charge in [0.25, 0.3) is 0 Å². The summed E-state index contributed by atoms with van der Waals surface area (Å²) >= 11 is 5.79. The molecule has 1 fully saturated rings. The summed E-state index contributed by atoms with van der Waals surface area (Å²) in [5.41, 5.74) is 0. The van der Waals surface area contributed by atoms with Crippen molar-refractivity contribution in [3.8, 4) is 0 Å². The highest BCUT2D eigenvalue weighted by Crippen LogP contribution is 2.20. The van der Waals surface area contributed by atoms with Crippen LogP contribution in [0.3, 0.4) is 0 Å². The zero-order valence-electron chi connectivity index (χ0n) is 9.65. The molecule has 0 N–H and O–H groups in total. The normalized spacial score (nSPS) is 24.2. The first-order chi connectivity index (χ1) is 7.38. The summed E-state index contributed by atoms with van der Waals surface area (Å²) in [6.45, 7) is 2.06. The molecule has 0 aromatic rings. The molecule has 0 aromatic carbocycles. The van der Waals surface area contributed by atoms with Crippen LogP contribution in [0, 0.1) is 0 Å². The van der Waals surface area contributed by atoms with Gasteiger partial charge in [-0.2, -0.15) is 0 Å². The Hall–Kier alpha value is -0.290. The topological polar surface area (TPSA) is 54.5 Å². The molecule has 16 heavy (non-hydrogen) atoms. The molecule has 0 aliphatic carbocycles. The van der Waals surface area contributed by atoms with E-state index in [9.17, 15) is 13.2 Å². The number of rotatable bonds is 3. The van der Waals surface area contributed by atoms with Crippen molar-refractivity contribution in [3.63, 3.8) is 0 Å². The van der Waals surface area contributed by atoms with Gasteiger partial charge in [-0.3, -0.25) is 4.79 Å². The van der Waals surface area contributed by atoms with Crippen molar-refractivity contribution in [1.29, 1.82) is 0 Å². The maximum absolute atomic E-state index is 12.0. The van der Waals surface area contributed by atoms with Gasteiger partial charge in [-0.1, -0.05) is 0 Å². The number of carbonyl (C=O) groups excluding carboxylic acids is 1. The molecule has 2 atom stereocenters. The minimum absolute atomic E-state index is 0.00730. The molecule has 6 heteroatoms. The van der Waals surface area contributed by atoms with Crippen LogP contribution in [0.4, 0.5) is 0 Å². The monoisotopic (exact) mass is 267 g/mol. The predicted octanol–water partition coefficient (Wildman–Crippen LogP) is 1.04. The summed E-state index contributed by atoms with van der Waals surface area (Å²) in [5.74, 6) is 0.0650. The van der Waals surface area contributed by atoms with E-state index in [2.05, 4.69) is 0 Å². The summed E-state index contributed by atoms with van der Waals surface area (Å²) in [6.07, 6.45) is 3.94. The minimum Gasteiger partial charge on any atom is -0.337 e. The fraction of sp³-hybridized carbons (Fsp3) is 0.900. The van der Waals surface area contributed by atoms with Crippen molar-refractivity contribution < 1.29 is 13.2 Å². The lowest BCUT2D eigenvalue weighted by Gasteiger charge is -2.35. The summed E-state index contributed by atoms with van der Waals surface area (Å²) in [4.78, 5) is 13.6. The maximum Gasteiger partial charge on any atom is 0.240 e. The fourth-order valence-corrected chi connectivity index (χ4v) is 2.69. The van der Waals surface area contributed by atoms with E-state index < -0.39 is 15.1 Å². The van der Waals surface area contributed by atoms with Gasteiger partial charge in [-0.15, -0.1) is 11.6 Å². The molecule has 2 unspecified atom stereocenters. The summed E-state index contributed by atoms with van der Waals surface area (Å²) in [5, 5.41) is -0.962. The molecule has 0 bridgehead atoms. The highest BCUT2D eigenvalue weighted by molar-refractivity contribution is 7.92. The van der Waals surface area contributed by atoms with Gasteiger partial charge in [0.1, 0.15) is 5.25 Å². The third-order valence-corrected chi connectivity index (χ3v) is 4.92. The SMILES string of the molecule is CC(C(=O)N1CCCCC1CCl)S(C)(=O)=O. The molecule has 0 spiro atoms. The van der Waals surface area contributed by atoms with Crippen molar-refractivity contribution in [1.82, 2.24) is 4.90 Å². The van der Waals surface area contributed by atoms with Crippen LogP contribution in [0.1, 0.15) is 26.2 Å². The van der Waals surface area contributed by atoms with Crippen LogP contribution in [0.5, 0.6) is 0 Å². The van der Waals surface area contributed by atoms with Gasteiger partial charge in [0.2, 0.25) is 5.91 Å². The molecule has 0 aromatic heterocycles. The molecule has 4 nitrogen and oxygen atoms in total. The van der Waals surface area contributed by atoms with E-state index in [4.69, 9.17) is 11.6 Å². The molecule has 0 saturated carbocycles. The van der Waals surface area contributed by atoms with Crippen LogP contribution in [0.2, 0.25) is 0 Å². The number of alkyl halides is 1. The predicted molar refractivity (Wildman–Crippen MR) is 64.4 cm³/mol. The third-order valence-electron chi connectivity index (χ3n) is 3.08. The Morgan fingerprint density at radius 1 is 1.50 bits per heavy atom. The van der Waals surface area contributed by atoms with Crippen molar-refractivity contribution in [3.05, 3.63) is 0 Å². The second-order valence-electron chi connectivity index (χ2n) is 4.31. The number of halogens is 1. The number of piperidine rings is 1. The Morgan fingerprint density at radius 3 is 2.62 bits per heavy atom. The van der Waals surface area contributed by atoms with Crippen LogP contribution >= 0.6 is 11.6 Å². The summed E-state index contributed by atoms with van der Waals surface area (Å²) in [7, 11) is -3.32. The largest absolute Gasteiger partial charge is 0.337 e. The molecule has 1 rings (SSSR count). The van der Waals surface area contributed by atoms with Gasteiger partial charge in [0, 0.05) is 24.7 Å². The highest BCUT2D eigenvalue weighted by atomic mass is 35.5. The molecular formula is C10H18ClNO3S. The second-order valence-corrected chi connectivity index (χ2v) is 6.98. The first-order valence-corrected chi connectivity index (χ1v) is 7.92. The van der Waals surface area contributed by atoms with Gasteiger partial charge in [0.15, 0.2) is 9.84 Å². The first-order valence-electron chi connectivity index (χ1n) is 5.43. The van der Waals surface area contributed by atoms with Gasteiger partial charge < -0.3 is 4.90 Å². The lowest BCUT2D eigenvalue weighted by molar-refractivity contribution is -0.133. The zero-order chi connectivity index (χ0) is 12.3. The summed E-state index contributed by atoms with van der Waals surface area (Å²) in [6, 6.07) is -0.00730. The average Bonchev–Trinajstić information content (AvgIpc) is 2.25. The molecule has 1 aliphatic heterocycles. The number of amides is 1. The fourth-order valence-electron chi connectivity index (χ4n) is 1.87. The number of likely N-dealkylation sites (tertiary alicyclic amines) is 1. The van der Waals surface area contributed by atoms with Gasteiger partial charge >= 0.3 is 0 Å². The van der Waals surface area contributed by atoms with E-state index in [0.717, 1.165) is 25.5 Å². The van der Waals surface area contributed by atoms with E-state index >= 15 is 0 Å². The first kappa shape index (κ1) is 13.8. The molecule has 94 valence electrons. The lowest BCUT2D eigenvalue weighted by atomic mass is 10.0. The Bertz CT molecular complexity index is 355. The molecule has 1 saturated heterocycles. The van der Waals surface area contributed by atoms with E-state index in [1.54, 1.807) is 4.90 Å². The number of nitrogens with zero attached hydrogens (tertiary/aromatic N) is 1.